The van der Waals surface area contributed by atoms with Gasteiger partial charge in [0.1, 0.15) is 12.2 Å². The summed E-state index contributed by atoms with van der Waals surface area (Å²) in [7, 11) is 0. The van der Waals surface area contributed by atoms with Crippen LogP contribution in [0.4, 0.5) is 11.4 Å². The van der Waals surface area contributed by atoms with Crippen LogP contribution in [0.2, 0.25) is 5.02 Å². The molecule has 0 unspecified atom stereocenters. The number of para-hydroxylation sites is 1. The Bertz CT molecular complexity index is 1190. The van der Waals surface area contributed by atoms with Crippen LogP contribution in [-0.4, -0.2) is 28.1 Å². The minimum Gasteiger partial charge on any atom is -0.322 e. The van der Waals surface area contributed by atoms with Gasteiger partial charge in [-0.25, -0.2) is 4.68 Å². The summed E-state index contributed by atoms with van der Waals surface area (Å²) in [5.41, 5.74) is 2.63. The van der Waals surface area contributed by atoms with E-state index in [4.69, 9.17) is 11.6 Å². The van der Waals surface area contributed by atoms with Crippen LogP contribution in [0.25, 0.3) is 11.3 Å². The molecule has 2 heterocycles. The number of nitrogens with one attached hydrogen (secondary N) is 1. The van der Waals surface area contributed by atoms with Crippen molar-refractivity contribution in [3.63, 3.8) is 0 Å². The number of fused-ring (bicyclic) bond motifs is 1. The third-order valence-electron chi connectivity index (χ3n) is 4.90. The summed E-state index contributed by atoms with van der Waals surface area (Å²) in [5, 5.41) is 7.47. The Morgan fingerprint density at radius 1 is 1.13 bits per heavy atom. The number of amides is 2. The lowest BCUT2D eigenvalue weighted by Gasteiger charge is -2.18. The minimum atomic E-state index is -0.538. The van der Waals surface area contributed by atoms with Crippen LogP contribution in [0.5, 0.6) is 0 Å². The molecule has 2 aromatic carbocycles. The zero-order valence-corrected chi connectivity index (χ0v) is 17.0. The van der Waals surface area contributed by atoms with Crippen molar-refractivity contribution < 1.29 is 9.59 Å². The maximum absolute atomic E-state index is 13.0. The highest BCUT2D eigenvalue weighted by molar-refractivity contribution is 6.30. The summed E-state index contributed by atoms with van der Waals surface area (Å²) in [6.45, 7) is 1.64. The van der Waals surface area contributed by atoms with Crippen molar-refractivity contribution in [2.45, 2.75) is 19.9 Å². The van der Waals surface area contributed by atoms with E-state index in [0.29, 0.717) is 22.8 Å². The molecule has 0 saturated heterocycles. The second-order valence-electron chi connectivity index (χ2n) is 7.02. The highest BCUT2D eigenvalue weighted by atomic mass is 35.5. The summed E-state index contributed by atoms with van der Waals surface area (Å²) in [6.07, 6.45) is 0.770. The lowest BCUT2D eigenvalue weighted by Crippen LogP contribution is -2.37. The van der Waals surface area contributed by atoms with E-state index in [1.807, 2.05) is 24.3 Å². The van der Waals surface area contributed by atoms with Gasteiger partial charge in [-0.2, -0.15) is 5.10 Å². The van der Waals surface area contributed by atoms with E-state index in [1.54, 1.807) is 29.2 Å². The molecule has 30 heavy (non-hydrogen) atoms. The van der Waals surface area contributed by atoms with E-state index in [-0.39, 0.29) is 24.0 Å². The van der Waals surface area contributed by atoms with Crippen LogP contribution in [-0.2, 0) is 22.6 Å². The first-order valence-corrected chi connectivity index (χ1v) is 9.84. The fourth-order valence-electron chi connectivity index (χ4n) is 3.50. The molecule has 152 valence electrons. The lowest BCUT2D eigenvalue weighted by molar-refractivity contribution is -0.119. The Balaban J connectivity index is 1.70. The van der Waals surface area contributed by atoms with E-state index in [1.165, 1.54) is 13.0 Å². The fraction of sp³-hybridized carbons (Fsp3) is 0.182. The molecular weight excluding hydrogens is 404 g/mol. The molecule has 0 spiro atoms. The lowest BCUT2D eigenvalue weighted by atomic mass is 10.1. The second kappa shape index (κ2) is 8.12. The molecule has 1 aromatic heterocycles. The summed E-state index contributed by atoms with van der Waals surface area (Å²) >= 11 is 5.96. The van der Waals surface area contributed by atoms with Crippen molar-refractivity contribution in [2.24, 2.45) is 0 Å². The van der Waals surface area contributed by atoms with Gasteiger partial charge in [0.25, 0.3) is 5.56 Å². The first kappa shape index (κ1) is 19.8. The Morgan fingerprint density at radius 2 is 1.87 bits per heavy atom. The Hall–Kier alpha value is -3.45. The zero-order chi connectivity index (χ0) is 21.3. The number of rotatable bonds is 4. The summed E-state index contributed by atoms with van der Waals surface area (Å²) in [6, 6.07) is 16.1. The van der Waals surface area contributed by atoms with Gasteiger partial charge in [-0.1, -0.05) is 41.9 Å². The highest BCUT2D eigenvalue weighted by Gasteiger charge is 2.25. The number of halogens is 1. The Kier molecular flexibility index (Phi) is 5.37. The van der Waals surface area contributed by atoms with Crippen LogP contribution in [0.15, 0.2) is 59.4 Å². The van der Waals surface area contributed by atoms with Gasteiger partial charge < -0.3 is 10.2 Å². The third kappa shape index (κ3) is 3.97. The smallest absolute Gasteiger partial charge is 0.291 e. The van der Waals surface area contributed by atoms with Gasteiger partial charge in [-0.05, 0) is 36.2 Å². The predicted molar refractivity (Wildman–Crippen MR) is 116 cm³/mol. The van der Waals surface area contributed by atoms with Gasteiger partial charge in [0.2, 0.25) is 11.8 Å². The van der Waals surface area contributed by atoms with Crippen molar-refractivity contribution in [1.29, 1.82) is 0 Å². The maximum Gasteiger partial charge on any atom is 0.291 e. The molecule has 8 heteroatoms. The first-order chi connectivity index (χ1) is 14.4. The van der Waals surface area contributed by atoms with Crippen molar-refractivity contribution in [3.8, 4) is 11.3 Å². The Morgan fingerprint density at radius 3 is 2.60 bits per heavy atom. The zero-order valence-electron chi connectivity index (χ0n) is 16.3. The van der Waals surface area contributed by atoms with Gasteiger partial charge >= 0.3 is 0 Å². The number of anilines is 2. The van der Waals surface area contributed by atoms with E-state index in [9.17, 15) is 14.4 Å². The number of aromatic nitrogens is 2. The number of nitrogens with zero attached hydrogens (tertiary/aromatic N) is 3. The third-order valence-corrected chi connectivity index (χ3v) is 5.15. The number of carbonyl (C=O) groups excluding carboxylic acids is 2. The average molecular weight is 423 g/mol. The molecule has 0 fully saturated rings. The summed E-state index contributed by atoms with van der Waals surface area (Å²) < 4.78 is 1.10. The quantitative estimate of drug-likeness (QED) is 0.700. The molecule has 3 aromatic rings. The molecule has 1 N–H and O–H groups in total. The van der Waals surface area contributed by atoms with Crippen LogP contribution in [0.3, 0.4) is 0 Å². The van der Waals surface area contributed by atoms with Gasteiger partial charge in [0, 0.05) is 29.7 Å². The number of benzene rings is 2. The van der Waals surface area contributed by atoms with Gasteiger partial charge in [0.15, 0.2) is 0 Å². The normalized spacial score (nSPS) is 12.5. The monoisotopic (exact) mass is 422 g/mol. The van der Waals surface area contributed by atoms with Crippen molar-refractivity contribution >= 4 is 34.8 Å². The Labute approximate surface area is 177 Å². The summed E-state index contributed by atoms with van der Waals surface area (Å²) in [5.74, 6) is -0.622. The standard InChI is InChI=1S/C22H19ClN4O3/c1-14(28)24-19-12-18(15-6-8-17(23)9-7-15)25-27(22(19)30)13-21(29)26-11-10-16-4-2-3-5-20(16)26/h2-9,12H,10-11,13H2,1H3,(H,24,28). The number of carbonyl (C=O) groups is 2. The maximum atomic E-state index is 13.0. The van der Waals surface area contributed by atoms with Crippen molar-refractivity contribution in [2.75, 3.05) is 16.8 Å². The predicted octanol–water partition coefficient (Wildman–Crippen LogP) is 3.11. The molecule has 0 bridgehead atoms. The van der Waals surface area contributed by atoms with Crippen LogP contribution >= 0.6 is 11.6 Å². The van der Waals surface area contributed by atoms with Crippen molar-refractivity contribution in [1.82, 2.24) is 9.78 Å². The molecule has 0 atom stereocenters. The van der Waals surface area contributed by atoms with Gasteiger partial charge in [-0.3, -0.25) is 14.4 Å². The molecule has 2 amide bonds. The molecule has 4 rings (SSSR count). The molecular formula is C22H19ClN4O3. The van der Waals surface area contributed by atoms with E-state index < -0.39 is 5.56 Å². The van der Waals surface area contributed by atoms with Gasteiger partial charge in [0.05, 0.1) is 5.69 Å². The molecule has 0 aliphatic carbocycles. The molecule has 0 radical (unpaired) electrons. The van der Waals surface area contributed by atoms with Crippen LogP contribution in [0, 0.1) is 0 Å². The largest absolute Gasteiger partial charge is 0.322 e. The van der Waals surface area contributed by atoms with Gasteiger partial charge in [-0.15, -0.1) is 0 Å². The second-order valence-corrected chi connectivity index (χ2v) is 7.45. The SMILES string of the molecule is CC(=O)Nc1cc(-c2ccc(Cl)cc2)nn(CC(=O)N2CCc3ccccc32)c1=O. The highest BCUT2D eigenvalue weighted by Crippen LogP contribution is 2.27. The number of hydrogen-bond donors (Lipinski definition) is 1. The van der Waals surface area contributed by atoms with Crippen LogP contribution < -0.4 is 15.8 Å². The summed E-state index contributed by atoms with van der Waals surface area (Å²) in [4.78, 5) is 39.0. The van der Waals surface area contributed by atoms with E-state index in [0.717, 1.165) is 22.4 Å². The molecule has 1 aliphatic heterocycles. The van der Waals surface area contributed by atoms with Crippen LogP contribution in [0.1, 0.15) is 12.5 Å². The van der Waals surface area contributed by atoms with E-state index in [2.05, 4.69) is 10.4 Å². The fourth-order valence-corrected chi connectivity index (χ4v) is 3.63. The topological polar surface area (TPSA) is 84.3 Å². The van der Waals surface area contributed by atoms with E-state index >= 15 is 0 Å². The number of hydrogen-bond acceptors (Lipinski definition) is 4. The first-order valence-electron chi connectivity index (χ1n) is 9.46. The molecule has 7 nitrogen and oxygen atoms in total. The minimum absolute atomic E-state index is 0.0667. The molecule has 1 aliphatic rings. The average Bonchev–Trinajstić information content (AvgIpc) is 3.15. The van der Waals surface area contributed by atoms with Crippen molar-refractivity contribution in [3.05, 3.63) is 75.5 Å². The molecule has 0 saturated carbocycles.